The lowest BCUT2D eigenvalue weighted by molar-refractivity contribution is -0.138. The number of carbonyl (C=O) groups is 2. The van der Waals surface area contributed by atoms with Crippen molar-refractivity contribution in [2.24, 2.45) is 0 Å². The van der Waals surface area contributed by atoms with Crippen LogP contribution in [0.25, 0.3) is 0 Å². The number of aliphatic carboxylic acids is 2. The maximum atomic E-state index is 10.3. The van der Waals surface area contributed by atoms with E-state index in [0.717, 1.165) is 10.8 Å². The summed E-state index contributed by atoms with van der Waals surface area (Å²) in [5.74, 6) is -2.01. The van der Waals surface area contributed by atoms with Gasteiger partial charge in [-0.3, -0.25) is 9.59 Å². The van der Waals surface area contributed by atoms with Crippen molar-refractivity contribution in [3.8, 4) is 0 Å². The van der Waals surface area contributed by atoms with Crippen LogP contribution in [0.3, 0.4) is 0 Å². The van der Waals surface area contributed by atoms with Crippen LogP contribution in [0, 0.1) is 0 Å². The molecule has 0 radical (unpaired) electrons. The number of carboxylic acids is 2. The summed E-state index contributed by atoms with van der Waals surface area (Å²) in [5.41, 5.74) is 0. The predicted molar refractivity (Wildman–Crippen MR) is 44.9 cm³/mol. The maximum Gasteiger partial charge on any atom is 0.317 e. The van der Waals surface area contributed by atoms with Crippen molar-refractivity contribution < 1.29 is 19.8 Å². The average Bonchev–Trinajstić information content (AvgIpc) is 1.87. The highest BCUT2D eigenvalue weighted by molar-refractivity contribution is 8.69. The van der Waals surface area contributed by atoms with Gasteiger partial charge in [0.25, 0.3) is 0 Å². The van der Waals surface area contributed by atoms with Gasteiger partial charge in [0.05, 0.1) is 0 Å². The molecule has 0 saturated heterocycles. The van der Waals surface area contributed by atoms with E-state index >= 15 is 0 Å². The Morgan fingerprint density at radius 1 is 1.45 bits per heavy atom. The van der Waals surface area contributed by atoms with Gasteiger partial charge in [-0.2, -0.15) is 0 Å². The van der Waals surface area contributed by atoms with E-state index in [1.807, 2.05) is 0 Å². The number of hydrogen-bond donors (Lipinski definition) is 3. The lowest BCUT2D eigenvalue weighted by atomic mass is 10.2. The molecule has 0 aromatic carbocycles. The molecule has 0 amide bonds. The van der Waals surface area contributed by atoms with E-state index in [9.17, 15) is 9.59 Å². The second-order valence-corrected chi connectivity index (χ2v) is 3.28. The minimum absolute atomic E-state index is 0.110. The van der Waals surface area contributed by atoms with E-state index in [4.69, 9.17) is 10.2 Å². The Morgan fingerprint density at radius 3 is 2.27 bits per heavy atom. The molecule has 0 bridgehead atoms. The Kier molecular flexibility index (Phi) is 5.14. The highest BCUT2D eigenvalue weighted by Crippen LogP contribution is 2.19. The molecule has 1 atom stereocenters. The molecule has 1 unspecified atom stereocenters. The van der Waals surface area contributed by atoms with E-state index < -0.39 is 17.2 Å². The van der Waals surface area contributed by atoms with Gasteiger partial charge in [-0.25, -0.2) is 0 Å². The van der Waals surface area contributed by atoms with Crippen molar-refractivity contribution in [1.82, 2.24) is 0 Å². The highest BCUT2D eigenvalue weighted by Gasteiger charge is 2.17. The van der Waals surface area contributed by atoms with E-state index in [1.165, 1.54) is 0 Å². The monoisotopic (exact) mass is 196 g/mol. The predicted octanol–water partition coefficient (Wildman–Crippen LogP) is 0.882. The van der Waals surface area contributed by atoms with Crippen LogP contribution in [0.15, 0.2) is 0 Å². The quantitative estimate of drug-likeness (QED) is 0.449. The molecule has 4 nitrogen and oxygen atoms in total. The van der Waals surface area contributed by atoms with Crippen molar-refractivity contribution in [2.75, 3.05) is 0 Å². The van der Waals surface area contributed by atoms with Gasteiger partial charge in [-0.1, -0.05) is 10.8 Å². The number of carboxylic acid groups (broad SMARTS) is 2. The van der Waals surface area contributed by atoms with Crippen molar-refractivity contribution in [3.05, 3.63) is 0 Å². The molecule has 6 heteroatoms. The van der Waals surface area contributed by atoms with Gasteiger partial charge < -0.3 is 10.2 Å². The van der Waals surface area contributed by atoms with Gasteiger partial charge in [0.2, 0.25) is 0 Å². The minimum Gasteiger partial charge on any atom is -0.481 e. The van der Waals surface area contributed by atoms with E-state index in [0.29, 0.717) is 0 Å². The van der Waals surface area contributed by atoms with Crippen molar-refractivity contribution >= 4 is 34.4 Å². The standard InChI is InChI=1S/C5H8O4S2/c6-4(7)2-1-3(11-10)5(8)9/h3,10H,1-2H2,(H,6,7)(H,8,9). The Labute approximate surface area is 72.8 Å². The third kappa shape index (κ3) is 4.97. The molecule has 0 aromatic heterocycles. The Hall–Kier alpha value is -0.360. The van der Waals surface area contributed by atoms with E-state index in [1.54, 1.807) is 0 Å². The summed E-state index contributed by atoms with van der Waals surface area (Å²) in [6.07, 6.45) is -0.0244. The first-order valence-electron chi connectivity index (χ1n) is 2.82. The van der Waals surface area contributed by atoms with Crippen LogP contribution in [-0.4, -0.2) is 27.4 Å². The lowest BCUT2D eigenvalue weighted by Crippen LogP contribution is -2.16. The normalized spacial score (nSPS) is 12.5. The smallest absolute Gasteiger partial charge is 0.317 e. The van der Waals surface area contributed by atoms with Gasteiger partial charge in [0.15, 0.2) is 0 Å². The summed E-state index contributed by atoms with van der Waals surface area (Å²) in [5, 5.41) is 15.9. The van der Waals surface area contributed by atoms with Gasteiger partial charge in [0.1, 0.15) is 5.25 Å². The maximum absolute atomic E-state index is 10.3. The van der Waals surface area contributed by atoms with Gasteiger partial charge >= 0.3 is 11.9 Å². The molecule has 0 fully saturated rings. The minimum atomic E-state index is -1.02. The molecule has 64 valence electrons. The molecule has 11 heavy (non-hydrogen) atoms. The van der Waals surface area contributed by atoms with E-state index in [2.05, 4.69) is 11.7 Å². The van der Waals surface area contributed by atoms with Gasteiger partial charge in [-0.15, -0.1) is 11.7 Å². The van der Waals surface area contributed by atoms with Crippen LogP contribution < -0.4 is 0 Å². The Balaban J connectivity index is 3.70. The second-order valence-electron chi connectivity index (χ2n) is 1.86. The molecule has 0 heterocycles. The zero-order valence-corrected chi connectivity index (χ0v) is 7.27. The molecule has 0 aliphatic rings. The zero-order valence-electron chi connectivity index (χ0n) is 5.56. The van der Waals surface area contributed by atoms with Gasteiger partial charge in [-0.05, 0) is 6.42 Å². The summed E-state index contributed by atoms with van der Waals surface area (Å²) in [7, 11) is 0.852. The van der Waals surface area contributed by atoms with Crippen LogP contribution in [0.5, 0.6) is 0 Å². The number of hydrogen-bond acceptors (Lipinski definition) is 4. The van der Waals surface area contributed by atoms with Crippen LogP contribution in [0.1, 0.15) is 12.8 Å². The fraction of sp³-hybridized carbons (Fsp3) is 0.600. The summed E-state index contributed by atoms with van der Waals surface area (Å²) in [6.45, 7) is 0. The van der Waals surface area contributed by atoms with Crippen molar-refractivity contribution in [3.63, 3.8) is 0 Å². The van der Waals surface area contributed by atoms with Crippen LogP contribution in [-0.2, 0) is 9.59 Å². The molecular formula is C5H8O4S2. The van der Waals surface area contributed by atoms with E-state index in [-0.39, 0.29) is 12.8 Å². The van der Waals surface area contributed by atoms with Crippen LogP contribution in [0.4, 0.5) is 0 Å². The third-order valence-electron chi connectivity index (χ3n) is 1.02. The topological polar surface area (TPSA) is 74.6 Å². The zero-order chi connectivity index (χ0) is 8.85. The SMILES string of the molecule is O=C(O)CCC(SS)C(=O)O. The fourth-order valence-corrected chi connectivity index (χ4v) is 1.38. The molecule has 0 aromatic rings. The molecule has 0 spiro atoms. The Morgan fingerprint density at radius 2 is 2.00 bits per heavy atom. The molecule has 0 aliphatic heterocycles. The van der Waals surface area contributed by atoms with Gasteiger partial charge in [0, 0.05) is 6.42 Å². The first-order chi connectivity index (χ1) is 5.07. The summed E-state index contributed by atoms with van der Waals surface area (Å²) in [4.78, 5) is 20.3. The van der Waals surface area contributed by atoms with Crippen LogP contribution >= 0.6 is 22.5 Å². The third-order valence-corrected chi connectivity index (χ3v) is 2.48. The molecule has 0 rings (SSSR count). The molecular weight excluding hydrogens is 188 g/mol. The van der Waals surface area contributed by atoms with Crippen LogP contribution in [0.2, 0.25) is 0 Å². The molecule has 0 saturated carbocycles. The Bertz CT molecular complexity index is 159. The average molecular weight is 196 g/mol. The first kappa shape index (κ1) is 10.6. The number of thiol groups is 1. The summed E-state index contributed by atoms with van der Waals surface area (Å²) >= 11 is 3.70. The summed E-state index contributed by atoms with van der Waals surface area (Å²) in [6, 6.07) is 0. The number of rotatable bonds is 5. The second kappa shape index (κ2) is 5.31. The molecule has 2 N–H and O–H groups in total. The fourth-order valence-electron chi connectivity index (χ4n) is 0.476. The van der Waals surface area contributed by atoms with Crippen molar-refractivity contribution in [2.45, 2.75) is 18.1 Å². The highest BCUT2D eigenvalue weighted by atomic mass is 33.1. The summed E-state index contributed by atoms with van der Waals surface area (Å²) < 4.78 is 0. The first-order valence-corrected chi connectivity index (χ1v) is 4.76. The largest absolute Gasteiger partial charge is 0.481 e. The molecule has 0 aliphatic carbocycles. The van der Waals surface area contributed by atoms with Crippen molar-refractivity contribution in [1.29, 1.82) is 0 Å². The lowest BCUT2D eigenvalue weighted by Gasteiger charge is -2.04.